The van der Waals surface area contributed by atoms with Gasteiger partial charge in [-0.25, -0.2) is 4.98 Å². The molecule has 0 aliphatic rings. The third kappa shape index (κ3) is 4.85. The Morgan fingerprint density at radius 2 is 1.77 bits per heavy atom. The quantitative estimate of drug-likeness (QED) is 0.449. The molecule has 0 saturated heterocycles. The zero-order valence-corrected chi connectivity index (χ0v) is 16.9. The molecule has 0 radical (unpaired) electrons. The number of pyridine rings is 1. The molecule has 0 aliphatic heterocycles. The van der Waals surface area contributed by atoms with Crippen molar-refractivity contribution < 1.29 is 0 Å². The summed E-state index contributed by atoms with van der Waals surface area (Å²) in [5.41, 5.74) is 4.37. The topological polar surface area (TPSA) is 98.2 Å². The lowest BCUT2D eigenvalue weighted by atomic mass is 10.0. The largest absolute Gasteiger partial charge is 0.316 e. The van der Waals surface area contributed by atoms with Gasteiger partial charge in [0, 0.05) is 18.2 Å². The van der Waals surface area contributed by atoms with Crippen LogP contribution in [0.25, 0.3) is 0 Å². The highest BCUT2D eigenvalue weighted by Gasteiger charge is 2.12. The number of aromatic amines is 2. The average molecular weight is 414 g/mol. The Hall–Kier alpha value is -3.63. The molecule has 0 spiro atoms. The van der Waals surface area contributed by atoms with Crippen molar-refractivity contribution in [2.24, 2.45) is 0 Å². The Morgan fingerprint density at radius 1 is 0.967 bits per heavy atom. The number of hydrogen-bond acceptors (Lipinski definition) is 5. The van der Waals surface area contributed by atoms with Crippen LogP contribution >= 0.6 is 11.8 Å². The first-order valence-corrected chi connectivity index (χ1v) is 10.4. The molecule has 2 aromatic heterocycles. The lowest BCUT2D eigenvalue weighted by molar-refractivity contribution is 0.970. The van der Waals surface area contributed by atoms with Crippen molar-refractivity contribution in [1.82, 2.24) is 20.2 Å². The van der Waals surface area contributed by atoms with Crippen LogP contribution in [0.15, 0.2) is 76.8 Å². The molecule has 0 fully saturated rings. The van der Waals surface area contributed by atoms with Gasteiger partial charge < -0.3 is 4.98 Å². The summed E-state index contributed by atoms with van der Waals surface area (Å²) in [5.74, 6) is 1.45. The highest BCUT2D eigenvalue weighted by atomic mass is 32.2. The van der Waals surface area contributed by atoms with Crippen LogP contribution in [0.2, 0.25) is 0 Å². The van der Waals surface area contributed by atoms with Crippen LogP contribution in [0.1, 0.15) is 33.6 Å². The molecule has 0 atom stereocenters. The van der Waals surface area contributed by atoms with E-state index in [0.717, 1.165) is 28.1 Å². The molecular formula is C23H19N5OS. The number of rotatable bonds is 7. The van der Waals surface area contributed by atoms with E-state index >= 15 is 0 Å². The van der Waals surface area contributed by atoms with Crippen LogP contribution in [0.3, 0.4) is 0 Å². The molecule has 148 valence electrons. The second-order valence-electron chi connectivity index (χ2n) is 6.85. The summed E-state index contributed by atoms with van der Waals surface area (Å²) in [5, 5.41) is 17.1. The molecule has 4 aromatic rings. The van der Waals surface area contributed by atoms with Gasteiger partial charge in [0.1, 0.15) is 18.2 Å². The summed E-state index contributed by atoms with van der Waals surface area (Å²) in [6.45, 7) is 0. The first kappa shape index (κ1) is 19.7. The Labute approximate surface area is 178 Å². The second-order valence-corrected chi connectivity index (χ2v) is 7.84. The highest BCUT2D eigenvalue weighted by molar-refractivity contribution is 7.98. The zero-order chi connectivity index (χ0) is 20.8. The molecule has 2 aromatic carbocycles. The predicted molar refractivity (Wildman–Crippen MR) is 116 cm³/mol. The van der Waals surface area contributed by atoms with Crippen LogP contribution in [-0.4, -0.2) is 20.2 Å². The third-order valence-corrected chi connectivity index (χ3v) is 5.72. The molecule has 0 saturated carbocycles. The lowest BCUT2D eigenvalue weighted by Gasteiger charge is -2.10. The lowest BCUT2D eigenvalue weighted by Crippen LogP contribution is -2.10. The Balaban J connectivity index is 1.53. The summed E-state index contributed by atoms with van der Waals surface area (Å²) in [6.07, 6.45) is 2.72. The minimum Gasteiger partial charge on any atom is -0.316 e. The van der Waals surface area contributed by atoms with E-state index in [1.165, 1.54) is 24.2 Å². The standard InChI is InChI=1S/C23H19N5OS/c24-13-20-19(10-16-5-2-1-3-6-16)12-22(29)27-23(20)30-14-18-8-4-7-17(9-18)11-21-25-15-26-28-21/h1-9,12,15H,10-11,14H2,(H,27,29)(H,25,26,28). The summed E-state index contributed by atoms with van der Waals surface area (Å²) >= 11 is 1.47. The molecule has 0 amide bonds. The normalized spacial score (nSPS) is 10.6. The van der Waals surface area contributed by atoms with E-state index in [9.17, 15) is 10.1 Å². The fourth-order valence-corrected chi connectivity index (χ4v) is 4.25. The number of nitrogens with zero attached hydrogens (tertiary/aromatic N) is 3. The van der Waals surface area contributed by atoms with Gasteiger partial charge in [-0.05, 0) is 28.7 Å². The monoisotopic (exact) mass is 413 g/mol. The zero-order valence-electron chi connectivity index (χ0n) is 16.1. The number of hydrogen-bond donors (Lipinski definition) is 2. The van der Waals surface area contributed by atoms with E-state index in [4.69, 9.17) is 0 Å². The van der Waals surface area contributed by atoms with Crippen LogP contribution in [0.5, 0.6) is 0 Å². The SMILES string of the molecule is N#Cc1c(Cc2ccccc2)cc(=O)[nH]c1SCc1cccc(Cc2ncn[nH]2)c1. The summed E-state index contributed by atoms with van der Waals surface area (Å²) in [6, 6.07) is 21.8. The first-order valence-electron chi connectivity index (χ1n) is 9.46. The van der Waals surface area contributed by atoms with Crippen molar-refractivity contribution in [1.29, 1.82) is 5.26 Å². The number of benzene rings is 2. The maximum atomic E-state index is 12.2. The second kappa shape index (κ2) is 9.25. The number of thioether (sulfide) groups is 1. The third-order valence-electron chi connectivity index (χ3n) is 4.65. The fourth-order valence-electron chi connectivity index (χ4n) is 3.27. The molecule has 30 heavy (non-hydrogen) atoms. The first-order chi connectivity index (χ1) is 14.7. The van der Waals surface area contributed by atoms with Gasteiger partial charge in [0.2, 0.25) is 5.56 Å². The Morgan fingerprint density at radius 3 is 2.53 bits per heavy atom. The average Bonchev–Trinajstić information content (AvgIpc) is 3.26. The molecule has 0 aliphatic carbocycles. The van der Waals surface area contributed by atoms with Crippen molar-refractivity contribution in [2.75, 3.05) is 0 Å². The summed E-state index contributed by atoms with van der Waals surface area (Å²) in [7, 11) is 0. The van der Waals surface area contributed by atoms with Crippen LogP contribution in [0, 0.1) is 11.3 Å². The predicted octanol–water partition coefficient (Wildman–Crippen LogP) is 3.84. The molecular weight excluding hydrogens is 394 g/mol. The van der Waals surface area contributed by atoms with Gasteiger partial charge in [0.05, 0.1) is 10.6 Å². The van der Waals surface area contributed by atoms with Gasteiger partial charge in [-0.15, -0.1) is 11.8 Å². The van der Waals surface area contributed by atoms with Gasteiger partial charge in [0.15, 0.2) is 0 Å². The minimum atomic E-state index is -0.193. The molecule has 7 heteroatoms. The van der Waals surface area contributed by atoms with E-state index < -0.39 is 0 Å². The van der Waals surface area contributed by atoms with Crippen molar-refractivity contribution in [3.05, 3.63) is 111 Å². The summed E-state index contributed by atoms with van der Waals surface area (Å²) < 4.78 is 0. The van der Waals surface area contributed by atoms with Crippen molar-refractivity contribution in [2.45, 2.75) is 23.6 Å². The molecule has 2 N–H and O–H groups in total. The summed E-state index contributed by atoms with van der Waals surface area (Å²) in [4.78, 5) is 19.2. The maximum absolute atomic E-state index is 12.2. The van der Waals surface area contributed by atoms with Crippen molar-refractivity contribution in [3.63, 3.8) is 0 Å². The highest BCUT2D eigenvalue weighted by Crippen LogP contribution is 2.26. The molecule has 6 nitrogen and oxygen atoms in total. The van der Waals surface area contributed by atoms with Crippen LogP contribution < -0.4 is 5.56 Å². The number of nitrogens with one attached hydrogen (secondary N) is 2. The number of H-pyrrole nitrogens is 2. The van der Waals surface area contributed by atoms with Gasteiger partial charge >= 0.3 is 0 Å². The van der Waals surface area contributed by atoms with Gasteiger partial charge in [-0.2, -0.15) is 10.4 Å². The molecule has 4 rings (SSSR count). The van der Waals surface area contributed by atoms with Gasteiger partial charge in [0.25, 0.3) is 0 Å². The van der Waals surface area contributed by atoms with Gasteiger partial charge in [-0.3, -0.25) is 9.89 Å². The minimum absolute atomic E-state index is 0.193. The van der Waals surface area contributed by atoms with E-state index in [2.05, 4.69) is 32.3 Å². The molecule has 2 heterocycles. The van der Waals surface area contributed by atoms with E-state index in [-0.39, 0.29) is 5.56 Å². The number of nitriles is 1. The van der Waals surface area contributed by atoms with Crippen LogP contribution in [-0.2, 0) is 18.6 Å². The van der Waals surface area contributed by atoms with E-state index in [1.807, 2.05) is 48.5 Å². The molecule has 0 bridgehead atoms. The van der Waals surface area contributed by atoms with Crippen molar-refractivity contribution in [3.8, 4) is 6.07 Å². The Bertz CT molecular complexity index is 1230. The Kier molecular flexibility index (Phi) is 6.06. The van der Waals surface area contributed by atoms with Gasteiger partial charge in [-0.1, -0.05) is 54.6 Å². The maximum Gasteiger partial charge on any atom is 0.249 e. The van der Waals surface area contributed by atoms with E-state index in [0.29, 0.717) is 29.2 Å². The number of aromatic nitrogens is 4. The van der Waals surface area contributed by atoms with Crippen LogP contribution in [0.4, 0.5) is 0 Å². The smallest absolute Gasteiger partial charge is 0.249 e. The van der Waals surface area contributed by atoms with E-state index in [1.54, 1.807) is 0 Å². The van der Waals surface area contributed by atoms with Crippen molar-refractivity contribution >= 4 is 11.8 Å². The fraction of sp³-hybridized carbons (Fsp3) is 0.130. The molecule has 0 unspecified atom stereocenters.